The quantitative estimate of drug-likeness (QED) is 0.252. The Labute approximate surface area is 246 Å². The minimum atomic E-state index is -1.08. The number of carbonyl (C=O) groups is 1. The lowest BCUT2D eigenvalue weighted by molar-refractivity contribution is -0.143. The van der Waals surface area contributed by atoms with Crippen molar-refractivity contribution in [2.24, 2.45) is 0 Å². The number of methoxy groups -OCH3 is 1. The zero-order valence-electron chi connectivity index (χ0n) is 24.7. The van der Waals surface area contributed by atoms with E-state index in [0.29, 0.717) is 37.4 Å². The number of carboxylic acids is 1. The highest BCUT2D eigenvalue weighted by Crippen LogP contribution is 2.40. The van der Waals surface area contributed by atoms with E-state index >= 15 is 4.39 Å². The SMILES string of the molecule is COc1c(F)cc(C(C)(C)c2cnco2)cc1[C@@H](C(=O)O)N1CC[C@@H](OCCCCCc2ccc3c(n2)NCCC3)C1. The topological polar surface area (TPSA) is 110 Å². The molecule has 2 aromatic heterocycles. The predicted molar refractivity (Wildman–Crippen MR) is 156 cm³/mol. The summed E-state index contributed by atoms with van der Waals surface area (Å²) in [7, 11) is 1.36. The van der Waals surface area contributed by atoms with Gasteiger partial charge in [0.25, 0.3) is 0 Å². The molecule has 3 aromatic rings. The number of ether oxygens (including phenoxy) is 2. The number of hydrogen-bond acceptors (Lipinski definition) is 8. The Morgan fingerprint density at radius 1 is 1.29 bits per heavy atom. The van der Waals surface area contributed by atoms with E-state index in [-0.39, 0.29) is 17.4 Å². The lowest BCUT2D eigenvalue weighted by Gasteiger charge is -2.29. The van der Waals surface area contributed by atoms with Crippen molar-refractivity contribution in [2.45, 2.75) is 76.4 Å². The first-order chi connectivity index (χ1) is 20.3. The smallest absolute Gasteiger partial charge is 0.325 e. The molecule has 1 fully saturated rings. The van der Waals surface area contributed by atoms with Gasteiger partial charge in [0.2, 0.25) is 0 Å². The van der Waals surface area contributed by atoms with E-state index in [2.05, 4.69) is 22.4 Å². The fourth-order valence-electron chi connectivity index (χ4n) is 6.01. The number of fused-ring (bicyclic) bond motifs is 1. The molecule has 1 aromatic carbocycles. The molecule has 4 heterocycles. The zero-order chi connectivity index (χ0) is 29.7. The van der Waals surface area contributed by atoms with E-state index < -0.39 is 23.2 Å². The van der Waals surface area contributed by atoms with Crippen molar-refractivity contribution in [3.63, 3.8) is 0 Å². The first kappa shape index (κ1) is 30.0. The van der Waals surface area contributed by atoms with Gasteiger partial charge in [-0.1, -0.05) is 12.5 Å². The molecule has 2 N–H and O–H groups in total. The molecule has 226 valence electrons. The Morgan fingerprint density at radius 2 is 2.14 bits per heavy atom. The summed E-state index contributed by atoms with van der Waals surface area (Å²) in [4.78, 5) is 23.2. The number of rotatable bonds is 13. The molecule has 0 aliphatic carbocycles. The van der Waals surface area contributed by atoms with Gasteiger partial charge in [-0.05, 0) is 81.7 Å². The van der Waals surface area contributed by atoms with Gasteiger partial charge in [0.15, 0.2) is 18.0 Å². The molecule has 42 heavy (non-hydrogen) atoms. The monoisotopic (exact) mass is 580 g/mol. The fourth-order valence-corrected chi connectivity index (χ4v) is 6.01. The maximum atomic E-state index is 15.3. The molecular weight excluding hydrogens is 539 g/mol. The standard InChI is InChI=1S/C32H41FN4O5/c1-32(2,27-18-34-20-42-27)22-16-25(29(40-3)26(33)17-22)28(31(38)39)37-14-12-24(19-37)41-15-6-4-5-9-23-11-10-21-8-7-13-35-30(21)36-23/h10-11,16-18,20,24,28H,4-9,12-15,19H2,1-3H3,(H,35,36)(H,38,39)/t24-,28+/m1/s1. The number of carboxylic acid groups (broad SMARTS) is 1. The van der Waals surface area contributed by atoms with Crippen molar-refractivity contribution >= 4 is 11.8 Å². The molecule has 2 atom stereocenters. The number of pyridine rings is 1. The van der Waals surface area contributed by atoms with Crippen LogP contribution in [-0.2, 0) is 27.8 Å². The van der Waals surface area contributed by atoms with Crippen LogP contribution in [-0.4, -0.2) is 65.4 Å². The molecule has 0 amide bonds. The van der Waals surface area contributed by atoms with E-state index in [4.69, 9.17) is 18.9 Å². The van der Waals surface area contributed by atoms with Crippen molar-refractivity contribution in [1.29, 1.82) is 0 Å². The Hall–Kier alpha value is -3.50. The second kappa shape index (κ2) is 13.2. The van der Waals surface area contributed by atoms with Gasteiger partial charge < -0.3 is 24.3 Å². The zero-order valence-corrected chi connectivity index (χ0v) is 24.7. The first-order valence-electron chi connectivity index (χ1n) is 14.9. The predicted octanol–water partition coefficient (Wildman–Crippen LogP) is 5.53. The second-order valence-corrected chi connectivity index (χ2v) is 11.7. The van der Waals surface area contributed by atoms with Crippen molar-refractivity contribution in [1.82, 2.24) is 14.9 Å². The van der Waals surface area contributed by atoms with Crippen LogP contribution in [0.15, 0.2) is 41.3 Å². The van der Waals surface area contributed by atoms with E-state index in [1.54, 1.807) is 12.3 Å². The van der Waals surface area contributed by atoms with Crippen LogP contribution in [0.2, 0.25) is 0 Å². The number of nitrogens with zero attached hydrogens (tertiary/aromatic N) is 3. The summed E-state index contributed by atoms with van der Waals surface area (Å²) < 4.78 is 32.3. The number of hydrogen-bond donors (Lipinski definition) is 2. The van der Waals surface area contributed by atoms with E-state index in [0.717, 1.165) is 56.6 Å². The molecular formula is C32H41FN4O5. The lowest BCUT2D eigenvalue weighted by Crippen LogP contribution is -2.34. The molecule has 0 unspecified atom stereocenters. The molecule has 2 aliphatic rings. The number of likely N-dealkylation sites (tertiary alicyclic amines) is 1. The molecule has 1 saturated heterocycles. The molecule has 9 nitrogen and oxygen atoms in total. The van der Waals surface area contributed by atoms with E-state index in [9.17, 15) is 9.90 Å². The van der Waals surface area contributed by atoms with Gasteiger partial charge in [0, 0.05) is 42.9 Å². The Bertz CT molecular complexity index is 1360. The van der Waals surface area contributed by atoms with Crippen LogP contribution in [0.5, 0.6) is 5.75 Å². The summed E-state index contributed by atoms with van der Waals surface area (Å²) >= 11 is 0. The van der Waals surface area contributed by atoms with Crippen LogP contribution < -0.4 is 10.1 Å². The summed E-state index contributed by atoms with van der Waals surface area (Å²) in [6.45, 7) is 6.35. The highest BCUT2D eigenvalue weighted by atomic mass is 19.1. The molecule has 10 heteroatoms. The number of halogens is 1. The fraction of sp³-hybridized carbons (Fsp3) is 0.531. The summed E-state index contributed by atoms with van der Waals surface area (Å²) in [5, 5.41) is 13.7. The Balaban J connectivity index is 1.16. The maximum absolute atomic E-state index is 15.3. The third-order valence-electron chi connectivity index (χ3n) is 8.50. The number of aliphatic carboxylic acids is 1. The highest BCUT2D eigenvalue weighted by Gasteiger charge is 2.38. The number of anilines is 1. The molecule has 5 rings (SSSR count). The van der Waals surface area contributed by atoms with Crippen molar-refractivity contribution in [3.05, 3.63) is 70.8 Å². The summed E-state index contributed by atoms with van der Waals surface area (Å²) in [5.41, 5.74) is 2.55. The van der Waals surface area contributed by atoms with Crippen molar-refractivity contribution in [2.75, 3.05) is 38.7 Å². The largest absolute Gasteiger partial charge is 0.493 e. The molecule has 0 saturated carbocycles. The number of benzene rings is 1. The molecule has 0 spiro atoms. The van der Waals surface area contributed by atoms with Crippen LogP contribution in [0.4, 0.5) is 10.2 Å². The lowest BCUT2D eigenvalue weighted by atomic mass is 9.81. The minimum Gasteiger partial charge on any atom is -0.493 e. The van der Waals surface area contributed by atoms with Crippen LogP contribution >= 0.6 is 0 Å². The van der Waals surface area contributed by atoms with Gasteiger partial charge in [0.1, 0.15) is 17.6 Å². The second-order valence-electron chi connectivity index (χ2n) is 11.7. The van der Waals surface area contributed by atoms with E-state index in [1.165, 1.54) is 25.1 Å². The van der Waals surface area contributed by atoms with Crippen LogP contribution in [0.1, 0.15) is 80.1 Å². The third kappa shape index (κ3) is 6.60. The summed E-state index contributed by atoms with van der Waals surface area (Å²) in [5.74, 6) is -0.145. The highest BCUT2D eigenvalue weighted by molar-refractivity contribution is 5.77. The van der Waals surface area contributed by atoms with Crippen molar-refractivity contribution < 1.29 is 28.2 Å². The molecule has 0 bridgehead atoms. The normalized spacial score (nSPS) is 18.0. The van der Waals surface area contributed by atoms with Gasteiger partial charge in [-0.15, -0.1) is 0 Å². The molecule has 0 radical (unpaired) electrons. The summed E-state index contributed by atoms with van der Waals surface area (Å²) in [6, 6.07) is 6.34. The van der Waals surface area contributed by atoms with E-state index in [1.807, 2.05) is 18.7 Å². The van der Waals surface area contributed by atoms with Crippen LogP contribution in [0.25, 0.3) is 0 Å². The van der Waals surface area contributed by atoms with Gasteiger partial charge in [-0.25, -0.2) is 14.4 Å². The number of nitrogens with one attached hydrogen (secondary N) is 1. The number of aromatic nitrogens is 2. The maximum Gasteiger partial charge on any atom is 0.325 e. The number of unbranched alkanes of at least 4 members (excludes halogenated alkanes) is 2. The molecule has 2 aliphatic heterocycles. The average Bonchev–Trinajstić information content (AvgIpc) is 3.68. The van der Waals surface area contributed by atoms with Crippen LogP contribution in [0, 0.1) is 5.82 Å². The first-order valence-corrected chi connectivity index (χ1v) is 14.9. The Kier molecular flexibility index (Phi) is 9.43. The number of oxazole rings is 1. The average molecular weight is 581 g/mol. The third-order valence-corrected chi connectivity index (χ3v) is 8.50. The van der Waals surface area contributed by atoms with Gasteiger partial charge in [-0.2, -0.15) is 0 Å². The summed E-state index contributed by atoms with van der Waals surface area (Å²) in [6.07, 6.45) is 9.74. The van der Waals surface area contributed by atoms with Crippen molar-refractivity contribution in [3.8, 4) is 5.75 Å². The minimum absolute atomic E-state index is 0.0620. The van der Waals surface area contributed by atoms with Gasteiger partial charge in [0.05, 0.1) is 19.4 Å². The van der Waals surface area contributed by atoms with Gasteiger partial charge >= 0.3 is 5.97 Å². The van der Waals surface area contributed by atoms with Crippen LogP contribution in [0.3, 0.4) is 0 Å². The number of aryl methyl sites for hydroxylation is 2. The van der Waals surface area contributed by atoms with Gasteiger partial charge in [-0.3, -0.25) is 9.69 Å². The Morgan fingerprint density at radius 3 is 2.90 bits per heavy atom.